The van der Waals surface area contributed by atoms with Gasteiger partial charge in [-0.3, -0.25) is 0 Å². The third kappa shape index (κ3) is 3.05. The summed E-state index contributed by atoms with van der Waals surface area (Å²) >= 11 is 0. The molecule has 0 amide bonds. The summed E-state index contributed by atoms with van der Waals surface area (Å²) in [5, 5.41) is 0. The van der Waals surface area contributed by atoms with Crippen LogP contribution in [0.4, 0.5) is 13.2 Å². The molecule has 0 nitrogen and oxygen atoms in total. The maximum Gasteiger partial charge on any atom is 0.391 e. The van der Waals surface area contributed by atoms with Crippen molar-refractivity contribution in [2.24, 2.45) is 11.8 Å². The molecule has 3 heteroatoms. The van der Waals surface area contributed by atoms with E-state index in [1.165, 1.54) is 0 Å². The summed E-state index contributed by atoms with van der Waals surface area (Å²) in [5.41, 5.74) is 0. The Kier molecular flexibility index (Phi) is 3.40. The van der Waals surface area contributed by atoms with Gasteiger partial charge in [-0.25, -0.2) is 0 Å². The molecule has 1 saturated carbocycles. The molecule has 0 atom stereocenters. The molecular weight excluding hydrogens is 177 g/mol. The van der Waals surface area contributed by atoms with Crippen molar-refractivity contribution >= 4 is 0 Å². The van der Waals surface area contributed by atoms with Crippen LogP contribution in [0.3, 0.4) is 0 Å². The zero-order chi connectivity index (χ0) is 9.90. The standard InChI is InChI=1S/C10H15F3/c1-2-3-8-4-6-9(7-5-8)10(11,12)13/h2-3,8-9H,4-7H2,1H3/b3-2+. The van der Waals surface area contributed by atoms with Crippen molar-refractivity contribution in [3.05, 3.63) is 12.2 Å². The van der Waals surface area contributed by atoms with E-state index in [4.69, 9.17) is 0 Å². The van der Waals surface area contributed by atoms with Crippen LogP contribution in [-0.2, 0) is 0 Å². The first-order valence-electron chi connectivity index (χ1n) is 4.73. The quantitative estimate of drug-likeness (QED) is 0.552. The van der Waals surface area contributed by atoms with Crippen LogP contribution < -0.4 is 0 Å². The number of alkyl halides is 3. The summed E-state index contributed by atoms with van der Waals surface area (Å²) in [4.78, 5) is 0. The highest BCUT2D eigenvalue weighted by Gasteiger charge is 2.40. The first-order chi connectivity index (χ1) is 6.04. The van der Waals surface area contributed by atoms with Gasteiger partial charge in [0.15, 0.2) is 0 Å². The molecule has 76 valence electrons. The summed E-state index contributed by atoms with van der Waals surface area (Å²) in [7, 11) is 0. The average molecular weight is 192 g/mol. The smallest absolute Gasteiger partial charge is 0.171 e. The highest BCUT2D eigenvalue weighted by atomic mass is 19.4. The zero-order valence-corrected chi connectivity index (χ0v) is 7.77. The van der Waals surface area contributed by atoms with Gasteiger partial charge >= 0.3 is 6.18 Å². The van der Waals surface area contributed by atoms with E-state index in [0.29, 0.717) is 31.6 Å². The topological polar surface area (TPSA) is 0 Å². The van der Waals surface area contributed by atoms with Crippen molar-refractivity contribution in [2.45, 2.75) is 38.8 Å². The van der Waals surface area contributed by atoms with E-state index in [9.17, 15) is 13.2 Å². The molecule has 0 bridgehead atoms. The fourth-order valence-corrected chi connectivity index (χ4v) is 1.91. The number of rotatable bonds is 1. The maximum absolute atomic E-state index is 12.2. The molecule has 0 heterocycles. The third-order valence-corrected chi connectivity index (χ3v) is 2.70. The number of halogens is 3. The molecule has 0 aromatic carbocycles. The summed E-state index contributed by atoms with van der Waals surface area (Å²) in [6, 6.07) is 0. The Bertz CT molecular complexity index is 173. The normalized spacial score (nSPS) is 31.1. The molecule has 13 heavy (non-hydrogen) atoms. The molecule has 1 rings (SSSR count). The van der Waals surface area contributed by atoms with E-state index in [1.54, 1.807) is 0 Å². The number of hydrogen-bond donors (Lipinski definition) is 0. The summed E-state index contributed by atoms with van der Waals surface area (Å²) in [5.74, 6) is -0.669. The van der Waals surface area contributed by atoms with Gasteiger partial charge in [0.25, 0.3) is 0 Å². The lowest BCUT2D eigenvalue weighted by Crippen LogP contribution is -2.27. The van der Waals surface area contributed by atoms with E-state index >= 15 is 0 Å². The third-order valence-electron chi connectivity index (χ3n) is 2.70. The Morgan fingerprint density at radius 1 is 1.08 bits per heavy atom. The Morgan fingerprint density at radius 3 is 2.00 bits per heavy atom. The Hall–Kier alpha value is -0.470. The predicted octanol–water partition coefficient (Wildman–Crippen LogP) is 3.93. The van der Waals surface area contributed by atoms with Gasteiger partial charge in [0, 0.05) is 0 Å². The van der Waals surface area contributed by atoms with Crippen LogP contribution in [0.1, 0.15) is 32.6 Å². The molecule has 0 saturated heterocycles. The van der Waals surface area contributed by atoms with Crippen LogP contribution in [-0.4, -0.2) is 6.18 Å². The van der Waals surface area contributed by atoms with Crippen molar-refractivity contribution in [3.8, 4) is 0 Å². The summed E-state index contributed by atoms with van der Waals surface area (Å²) in [6.07, 6.45) is 1.96. The van der Waals surface area contributed by atoms with Gasteiger partial charge in [-0.05, 0) is 38.5 Å². The molecule has 0 radical (unpaired) electrons. The van der Waals surface area contributed by atoms with Gasteiger partial charge in [0.05, 0.1) is 5.92 Å². The monoisotopic (exact) mass is 192 g/mol. The van der Waals surface area contributed by atoms with Crippen molar-refractivity contribution < 1.29 is 13.2 Å². The van der Waals surface area contributed by atoms with Crippen LogP contribution >= 0.6 is 0 Å². The maximum atomic E-state index is 12.2. The van der Waals surface area contributed by atoms with Gasteiger partial charge in [-0.15, -0.1) is 0 Å². The predicted molar refractivity (Wildman–Crippen MR) is 46.3 cm³/mol. The summed E-state index contributed by atoms with van der Waals surface area (Å²) < 4.78 is 36.7. The minimum absolute atomic E-state index is 0.304. The van der Waals surface area contributed by atoms with Gasteiger partial charge in [-0.1, -0.05) is 12.2 Å². The van der Waals surface area contributed by atoms with Crippen molar-refractivity contribution in [3.63, 3.8) is 0 Å². The first kappa shape index (κ1) is 10.6. The largest absolute Gasteiger partial charge is 0.391 e. The van der Waals surface area contributed by atoms with Crippen LogP contribution in [0.25, 0.3) is 0 Å². The summed E-state index contributed by atoms with van der Waals surface area (Å²) in [6.45, 7) is 1.91. The molecule has 1 fully saturated rings. The number of hydrogen-bond acceptors (Lipinski definition) is 0. The van der Waals surface area contributed by atoms with E-state index in [-0.39, 0.29) is 0 Å². The highest BCUT2D eigenvalue weighted by Crippen LogP contribution is 2.39. The van der Waals surface area contributed by atoms with Crippen molar-refractivity contribution in [2.75, 3.05) is 0 Å². The minimum Gasteiger partial charge on any atom is -0.171 e. The molecule has 0 aliphatic heterocycles. The van der Waals surface area contributed by atoms with Crippen LogP contribution in [0, 0.1) is 11.8 Å². The molecule has 0 N–H and O–H groups in total. The molecule has 0 aromatic rings. The van der Waals surface area contributed by atoms with Crippen LogP contribution in [0.15, 0.2) is 12.2 Å². The second kappa shape index (κ2) is 4.16. The Balaban J connectivity index is 2.39. The van der Waals surface area contributed by atoms with Crippen LogP contribution in [0.2, 0.25) is 0 Å². The average Bonchev–Trinajstić information content (AvgIpc) is 2.04. The minimum atomic E-state index is -3.97. The molecule has 0 spiro atoms. The molecule has 1 aliphatic carbocycles. The molecular formula is C10H15F3. The second-order valence-corrected chi connectivity index (χ2v) is 3.68. The second-order valence-electron chi connectivity index (χ2n) is 3.68. The fraction of sp³-hybridized carbons (Fsp3) is 0.800. The first-order valence-corrected chi connectivity index (χ1v) is 4.73. The van der Waals surface area contributed by atoms with Crippen molar-refractivity contribution in [1.29, 1.82) is 0 Å². The van der Waals surface area contributed by atoms with E-state index in [0.717, 1.165) is 0 Å². The van der Waals surface area contributed by atoms with Crippen LogP contribution in [0.5, 0.6) is 0 Å². The van der Waals surface area contributed by atoms with Crippen molar-refractivity contribution in [1.82, 2.24) is 0 Å². The fourth-order valence-electron chi connectivity index (χ4n) is 1.91. The SMILES string of the molecule is C/C=C/C1CCC(C(F)(F)F)CC1. The zero-order valence-electron chi connectivity index (χ0n) is 7.77. The van der Waals surface area contributed by atoms with Gasteiger partial charge in [0.1, 0.15) is 0 Å². The van der Waals surface area contributed by atoms with E-state index < -0.39 is 12.1 Å². The lowest BCUT2D eigenvalue weighted by atomic mass is 9.81. The molecule has 1 aliphatic rings. The van der Waals surface area contributed by atoms with Gasteiger partial charge in [0.2, 0.25) is 0 Å². The Morgan fingerprint density at radius 2 is 1.62 bits per heavy atom. The van der Waals surface area contributed by atoms with E-state index in [2.05, 4.69) is 0 Å². The highest BCUT2D eigenvalue weighted by molar-refractivity contribution is 4.89. The van der Waals surface area contributed by atoms with Gasteiger partial charge in [-0.2, -0.15) is 13.2 Å². The number of allylic oxidation sites excluding steroid dienone is 2. The lowest BCUT2D eigenvalue weighted by molar-refractivity contribution is -0.183. The Labute approximate surface area is 76.8 Å². The lowest BCUT2D eigenvalue weighted by Gasteiger charge is -2.28. The van der Waals surface area contributed by atoms with E-state index in [1.807, 2.05) is 19.1 Å². The van der Waals surface area contributed by atoms with Gasteiger partial charge < -0.3 is 0 Å². The molecule has 0 aromatic heterocycles. The molecule has 0 unspecified atom stereocenters.